The molecule has 0 amide bonds. The Hall–Kier alpha value is -2.75. The van der Waals surface area contributed by atoms with Gasteiger partial charge in [-0.2, -0.15) is 8.78 Å². The molecule has 3 rings (SSSR count). The van der Waals surface area contributed by atoms with E-state index in [4.69, 9.17) is 0 Å². The lowest BCUT2D eigenvalue weighted by Crippen LogP contribution is -2.05. The molecule has 3 aromatic rings. The highest BCUT2D eigenvalue weighted by atomic mass is 19.3. The maximum Gasteiger partial charge on any atom is 0.387 e. The van der Waals surface area contributed by atoms with Crippen LogP contribution in [-0.2, 0) is 12.8 Å². The maximum atomic E-state index is 15.3. The summed E-state index contributed by atoms with van der Waals surface area (Å²) in [5.41, 5.74) is 2.70. The largest absolute Gasteiger partial charge is 0.434 e. The zero-order valence-corrected chi connectivity index (χ0v) is 16.0. The van der Waals surface area contributed by atoms with Gasteiger partial charge >= 0.3 is 6.61 Å². The Labute approximate surface area is 163 Å². The Bertz CT molecular complexity index is 975. The molecule has 1 nitrogen and oxygen atoms in total. The van der Waals surface area contributed by atoms with E-state index in [2.05, 4.69) is 10.8 Å². The van der Waals surface area contributed by atoms with Gasteiger partial charge in [0, 0.05) is 5.39 Å². The van der Waals surface area contributed by atoms with E-state index in [9.17, 15) is 8.78 Å². The zero-order valence-electron chi connectivity index (χ0n) is 16.0. The minimum Gasteiger partial charge on any atom is -0.434 e. The third-order valence-electron chi connectivity index (χ3n) is 4.81. The molecule has 0 N–H and O–H groups in total. The molecule has 0 aliphatic carbocycles. The molecule has 0 radical (unpaired) electrons. The second-order valence-electron chi connectivity index (χ2n) is 6.66. The van der Waals surface area contributed by atoms with Crippen molar-refractivity contribution >= 4 is 10.8 Å². The van der Waals surface area contributed by atoms with Gasteiger partial charge in [0.2, 0.25) is 0 Å². The number of fused-ring (bicyclic) bond motifs is 1. The van der Waals surface area contributed by atoms with Crippen molar-refractivity contribution in [3.63, 3.8) is 0 Å². The number of alkyl halides is 2. The summed E-state index contributed by atoms with van der Waals surface area (Å²) in [5, 5.41) is 0.949. The van der Waals surface area contributed by atoms with E-state index < -0.39 is 12.4 Å². The number of hydrogen-bond donors (Lipinski definition) is 0. The van der Waals surface area contributed by atoms with Crippen LogP contribution in [0.1, 0.15) is 31.4 Å². The van der Waals surface area contributed by atoms with E-state index in [1.54, 1.807) is 18.2 Å². The lowest BCUT2D eigenvalue weighted by molar-refractivity contribution is -0.0494. The number of rotatable bonds is 7. The highest BCUT2D eigenvalue weighted by molar-refractivity contribution is 5.92. The predicted octanol–water partition coefficient (Wildman–Crippen LogP) is 7.32. The molecular weight excluding hydrogens is 361 g/mol. The Balaban J connectivity index is 2.08. The monoisotopic (exact) mass is 384 g/mol. The minimum atomic E-state index is -3.02. The van der Waals surface area contributed by atoms with E-state index in [1.165, 1.54) is 6.07 Å². The maximum absolute atomic E-state index is 15.3. The summed E-state index contributed by atoms with van der Waals surface area (Å²) >= 11 is 0. The fraction of sp³-hybridized carbons (Fsp3) is 0.250. The SMILES string of the molecule is C/C=C/CCc1ccc(-c2c(OC(F)F)cc3cc(CC)ccc3c2F)cc1. The van der Waals surface area contributed by atoms with Crippen molar-refractivity contribution in [3.05, 3.63) is 77.6 Å². The molecule has 0 aliphatic heterocycles. The molecule has 0 fully saturated rings. The Morgan fingerprint density at radius 1 is 1.00 bits per heavy atom. The van der Waals surface area contributed by atoms with Crippen LogP contribution in [0.2, 0.25) is 0 Å². The number of ether oxygens (including phenoxy) is 1. The van der Waals surface area contributed by atoms with Crippen LogP contribution in [0.25, 0.3) is 21.9 Å². The summed E-state index contributed by atoms with van der Waals surface area (Å²) in [4.78, 5) is 0. The second-order valence-corrected chi connectivity index (χ2v) is 6.66. The third-order valence-corrected chi connectivity index (χ3v) is 4.81. The average Bonchev–Trinajstić information content (AvgIpc) is 2.68. The van der Waals surface area contributed by atoms with Gasteiger partial charge in [-0.15, -0.1) is 0 Å². The molecule has 0 aliphatic rings. The Morgan fingerprint density at radius 3 is 2.36 bits per heavy atom. The van der Waals surface area contributed by atoms with Gasteiger partial charge in [0.1, 0.15) is 11.6 Å². The quantitative estimate of drug-likeness (QED) is 0.388. The molecule has 146 valence electrons. The second kappa shape index (κ2) is 8.96. The van der Waals surface area contributed by atoms with Crippen LogP contribution in [0.4, 0.5) is 13.2 Å². The van der Waals surface area contributed by atoms with Crippen LogP contribution >= 0.6 is 0 Å². The molecule has 4 heteroatoms. The number of hydrogen-bond acceptors (Lipinski definition) is 1. The molecule has 28 heavy (non-hydrogen) atoms. The zero-order chi connectivity index (χ0) is 20.1. The highest BCUT2D eigenvalue weighted by Gasteiger charge is 2.19. The molecule has 0 saturated carbocycles. The van der Waals surface area contributed by atoms with Crippen LogP contribution in [0.3, 0.4) is 0 Å². The van der Waals surface area contributed by atoms with Gasteiger partial charge in [-0.1, -0.05) is 61.5 Å². The molecular formula is C24H23F3O. The van der Waals surface area contributed by atoms with Crippen molar-refractivity contribution < 1.29 is 17.9 Å². The van der Waals surface area contributed by atoms with Gasteiger partial charge in [-0.3, -0.25) is 0 Å². The standard InChI is InChI=1S/C24H23F3O/c1-3-5-6-7-17-8-11-18(12-9-17)22-21(28-24(26)27)15-19-14-16(4-2)10-13-20(19)23(22)25/h3,5,8-15,24H,4,6-7H2,1-2H3/b5-3+. The minimum absolute atomic E-state index is 0.0667. The topological polar surface area (TPSA) is 9.23 Å². The van der Waals surface area contributed by atoms with Crippen molar-refractivity contribution in [2.45, 2.75) is 39.7 Å². The summed E-state index contributed by atoms with van der Waals surface area (Å²) in [6, 6.07) is 14.2. The molecule has 0 atom stereocenters. The average molecular weight is 384 g/mol. The van der Waals surface area contributed by atoms with Gasteiger partial charge in [0.05, 0.1) is 5.56 Å². The smallest absolute Gasteiger partial charge is 0.387 e. The molecule has 0 aromatic heterocycles. The fourth-order valence-electron chi connectivity index (χ4n) is 3.32. The van der Waals surface area contributed by atoms with E-state index in [-0.39, 0.29) is 11.3 Å². The molecule has 0 unspecified atom stereocenters. The van der Waals surface area contributed by atoms with Crippen LogP contribution < -0.4 is 4.74 Å². The van der Waals surface area contributed by atoms with Crippen molar-refractivity contribution in [2.24, 2.45) is 0 Å². The third kappa shape index (κ3) is 4.38. The molecule has 0 spiro atoms. The first kappa shape index (κ1) is 20.0. The van der Waals surface area contributed by atoms with Crippen molar-refractivity contribution in [3.8, 4) is 16.9 Å². The summed E-state index contributed by atoms with van der Waals surface area (Å²) < 4.78 is 46.0. The van der Waals surface area contributed by atoms with Crippen LogP contribution in [-0.4, -0.2) is 6.61 Å². The first-order valence-corrected chi connectivity index (χ1v) is 9.44. The van der Waals surface area contributed by atoms with E-state index in [0.717, 1.165) is 30.4 Å². The van der Waals surface area contributed by atoms with Gasteiger partial charge in [0.15, 0.2) is 0 Å². The van der Waals surface area contributed by atoms with Crippen molar-refractivity contribution in [1.82, 2.24) is 0 Å². The molecule has 3 aromatic carbocycles. The van der Waals surface area contributed by atoms with Crippen molar-refractivity contribution in [2.75, 3.05) is 0 Å². The first-order valence-electron chi connectivity index (χ1n) is 9.44. The number of aryl methyl sites for hydroxylation is 2. The van der Waals surface area contributed by atoms with Gasteiger partial charge in [-0.25, -0.2) is 4.39 Å². The molecule has 0 heterocycles. The van der Waals surface area contributed by atoms with E-state index in [0.29, 0.717) is 16.3 Å². The van der Waals surface area contributed by atoms with Crippen LogP contribution in [0.15, 0.2) is 60.7 Å². The van der Waals surface area contributed by atoms with Gasteiger partial charge < -0.3 is 4.74 Å². The molecule has 0 saturated heterocycles. The summed E-state index contributed by atoms with van der Waals surface area (Å²) in [7, 11) is 0. The number of allylic oxidation sites excluding steroid dienone is 2. The number of benzene rings is 3. The molecule has 0 bridgehead atoms. The van der Waals surface area contributed by atoms with E-state index in [1.807, 2.05) is 44.2 Å². The van der Waals surface area contributed by atoms with Crippen LogP contribution in [0, 0.1) is 5.82 Å². The fourth-order valence-corrected chi connectivity index (χ4v) is 3.32. The Morgan fingerprint density at radius 2 is 1.71 bits per heavy atom. The predicted molar refractivity (Wildman–Crippen MR) is 108 cm³/mol. The summed E-state index contributed by atoms with van der Waals surface area (Å²) in [5.74, 6) is -0.688. The van der Waals surface area contributed by atoms with E-state index >= 15 is 4.39 Å². The van der Waals surface area contributed by atoms with Gasteiger partial charge in [-0.05, 0) is 54.3 Å². The lowest BCUT2D eigenvalue weighted by atomic mass is 9.96. The first-order chi connectivity index (χ1) is 13.5. The lowest BCUT2D eigenvalue weighted by Gasteiger charge is -2.15. The van der Waals surface area contributed by atoms with Gasteiger partial charge in [0.25, 0.3) is 0 Å². The highest BCUT2D eigenvalue weighted by Crippen LogP contribution is 2.39. The Kier molecular flexibility index (Phi) is 6.40. The summed E-state index contributed by atoms with van der Waals surface area (Å²) in [6.07, 6.45) is 6.64. The normalized spacial score (nSPS) is 11.6. The van der Waals surface area contributed by atoms with Crippen molar-refractivity contribution in [1.29, 1.82) is 0 Å². The summed E-state index contributed by atoms with van der Waals surface area (Å²) in [6.45, 7) is 0.935. The van der Waals surface area contributed by atoms with Crippen LogP contribution in [0.5, 0.6) is 5.75 Å². The number of halogens is 3.